The summed E-state index contributed by atoms with van der Waals surface area (Å²) < 4.78 is 5.27. The van der Waals surface area contributed by atoms with E-state index >= 15 is 0 Å². The van der Waals surface area contributed by atoms with Gasteiger partial charge in [-0.2, -0.15) is 0 Å². The van der Waals surface area contributed by atoms with Gasteiger partial charge in [0.15, 0.2) is 0 Å². The van der Waals surface area contributed by atoms with Gasteiger partial charge in [-0.1, -0.05) is 18.2 Å². The van der Waals surface area contributed by atoms with Gasteiger partial charge in [-0.15, -0.1) is 0 Å². The zero-order valence-corrected chi connectivity index (χ0v) is 14.6. The summed E-state index contributed by atoms with van der Waals surface area (Å²) in [5, 5.41) is 5.65. The van der Waals surface area contributed by atoms with Gasteiger partial charge in [0.25, 0.3) is 5.91 Å². The largest absolute Gasteiger partial charge is 0.467 e. The summed E-state index contributed by atoms with van der Waals surface area (Å²) in [6.07, 6.45) is 4.31. The third-order valence-electron chi connectivity index (χ3n) is 4.52. The number of urea groups is 1. The van der Waals surface area contributed by atoms with Crippen molar-refractivity contribution in [3.63, 3.8) is 0 Å². The van der Waals surface area contributed by atoms with Crippen LogP contribution in [-0.4, -0.2) is 36.0 Å². The summed E-state index contributed by atoms with van der Waals surface area (Å²) >= 11 is 0. The number of benzene rings is 1. The Morgan fingerprint density at radius 1 is 1.23 bits per heavy atom. The summed E-state index contributed by atoms with van der Waals surface area (Å²) in [6.45, 7) is 1.35. The van der Waals surface area contributed by atoms with Crippen LogP contribution in [0.25, 0.3) is 0 Å². The van der Waals surface area contributed by atoms with E-state index in [0.29, 0.717) is 24.4 Å². The van der Waals surface area contributed by atoms with Crippen LogP contribution in [0.5, 0.6) is 0 Å². The molecule has 3 amide bonds. The average molecular weight is 356 g/mol. The number of para-hydroxylation sites is 1. The molecule has 1 aliphatic heterocycles. The van der Waals surface area contributed by atoms with E-state index in [9.17, 15) is 9.59 Å². The highest BCUT2D eigenvalue weighted by molar-refractivity contribution is 5.94. The molecule has 1 aromatic carbocycles. The lowest BCUT2D eigenvalue weighted by Crippen LogP contribution is -2.49. The highest BCUT2D eigenvalue weighted by atomic mass is 16.3. The normalized spacial score (nSPS) is 17.0. The van der Waals surface area contributed by atoms with Crippen molar-refractivity contribution in [1.29, 1.82) is 0 Å². The van der Waals surface area contributed by atoms with Gasteiger partial charge in [-0.05, 0) is 37.5 Å². The van der Waals surface area contributed by atoms with Crippen LogP contribution in [-0.2, 0) is 6.54 Å². The minimum Gasteiger partial charge on any atom is -0.467 e. The Hall–Kier alpha value is -2.80. The molecule has 1 fully saturated rings. The van der Waals surface area contributed by atoms with Gasteiger partial charge in [-0.3, -0.25) is 4.79 Å². The Kier molecular flexibility index (Phi) is 5.91. The standard InChI is InChI=1S/C19H24N4O3/c20-11-17-10-14(13-26-17)18(24)23-9-5-4-8-16(23)12-21-19(25)22-15-6-2-1-3-7-15/h1-3,6-7,10,13,16H,4-5,8-9,11-12,20H2,(H2,21,22,25). The number of rotatable bonds is 5. The summed E-state index contributed by atoms with van der Waals surface area (Å²) in [4.78, 5) is 26.7. The van der Waals surface area contributed by atoms with E-state index in [1.165, 1.54) is 6.26 Å². The molecular formula is C19H24N4O3. The molecule has 7 heteroatoms. The summed E-state index contributed by atoms with van der Waals surface area (Å²) in [5.74, 6) is 0.505. The van der Waals surface area contributed by atoms with Gasteiger partial charge in [0.05, 0.1) is 12.1 Å². The Labute approximate surface area is 152 Å². The van der Waals surface area contributed by atoms with Crippen molar-refractivity contribution in [1.82, 2.24) is 10.2 Å². The molecule has 1 unspecified atom stereocenters. The van der Waals surface area contributed by atoms with Gasteiger partial charge in [0, 0.05) is 24.8 Å². The van der Waals surface area contributed by atoms with Gasteiger partial charge in [0.2, 0.25) is 0 Å². The second-order valence-corrected chi connectivity index (χ2v) is 6.36. The molecule has 1 aliphatic rings. The van der Waals surface area contributed by atoms with Crippen LogP contribution >= 0.6 is 0 Å². The first-order chi connectivity index (χ1) is 12.7. The van der Waals surface area contributed by atoms with E-state index in [-0.39, 0.29) is 24.5 Å². The molecule has 2 heterocycles. The fraction of sp³-hybridized carbons (Fsp3) is 0.368. The van der Waals surface area contributed by atoms with Crippen LogP contribution in [0.2, 0.25) is 0 Å². The summed E-state index contributed by atoms with van der Waals surface area (Å²) in [6, 6.07) is 10.6. The topological polar surface area (TPSA) is 101 Å². The van der Waals surface area contributed by atoms with Crippen molar-refractivity contribution in [3.8, 4) is 0 Å². The van der Waals surface area contributed by atoms with Crippen molar-refractivity contribution in [2.75, 3.05) is 18.4 Å². The lowest BCUT2D eigenvalue weighted by atomic mass is 10.0. The molecule has 26 heavy (non-hydrogen) atoms. The molecule has 138 valence electrons. The predicted molar refractivity (Wildman–Crippen MR) is 98.7 cm³/mol. The van der Waals surface area contributed by atoms with E-state index in [1.54, 1.807) is 6.07 Å². The number of piperidine rings is 1. The molecule has 1 aromatic heterocycles. The zero-order chi connectivity index (χ0) is 18.4. The quantitative estimate of drug-likeness (QED) is 0.766. The number of hydrogen-bond donors (Lipinski definition) is 3. The number of anilines is 1. The molecule has 7 nitrogen and oxygen atoms in total. The lowest BCUT2D eigenvalue weighted by Gasteiger charge is -2.35. The van der Waals surface area contributed by atoms with Crippen LogP contribution < -0.4 is 16.4 Å². The molecule has 0 radical (unpaired) electrons. The minimum atomic E-state index is -0.275. The van der Waals surface area contributed by atoms with Gasteiger partial charge >= 0.3 is 6.03 Å². The maximum Gasteiger partial charge on any atom is 0.319 e. The zero-order valence-electron chi connectivity index (χ0n) is 14.6. The number of nitrogens with two attached hydrogens (primary N) is 1. The maximum absolute atomic E-state index is 12.8. The Balaban J connectivity index is 1.58. The third-order valence-corrected chi connectivity index (χ3v) is 4.52. The van der Waals surface area contributed by atoms with Crippen LogP contribution in [0, 0.1) is 0 Å². The molecule has 0 spiro atoms. The van der Waals surface area contributed by atoms with E-state index in [0.717, 1.165) is 24.9 Å². The van der Waals surface area contributed by atoms with Crippen molar-refractivity contribution in [2.24, 2.45) is 5.73 Å². The number of nitrogens with zero attached hydrogens (tertiary/aromatic N) is 1. The third kappa shape index (κ3) is 4.43. The number of hydrogen-bond acceptors (Lipinski definition) is 4. The Morgan fingerprint density at radius 3 is 2.77 bits per heavy atom. The molecule has 0 bridgehead atoms. The first-order valence-electron chi connectivity index (χ1n) is 8.85. The second-order valence-electron chi connectivity index (χ2n) is 6.36. The first kappa shape index (κ1) is 18.0. The number of amides is 3. The van der Waals surface area contributed by atoms with E-state index in [1.807, 2.05) is 35.2 Å². The van der Waals surface area contributed by atoms with Crippen molar-refractivity contribution >= 4 is 17.6 Å². The highest BCUT2D eigenvalue weighted by Crippen LogP contribution is 2.20. The highest BCUT2D eigenvalue weighted by Gasteiger charge is 2.28. The second kappa shape index (κ2) is 8.53. The number of likely N-dealkylation sites (tertiary alicyclic amines) is 1. The fourth-order valence-corrected chi connectivity index (χ4v) is 3.15. The van der Waals surface area contributed by atoms with Gasteiger partial charge in [0.1, 0.15) is 12.0 Å². The van der Waals surface area contributed by atoms with E-state index in [4.69, 9.17) is 10.2 Å². The number of carbonyl (C=O) groups excluding carboxylic acids is 2. The van der Waals surface area contributed by atoms with Crippen LogP contribution in [0.1, 0.15) is 35.4 Å². The molecule has 1 saturated heterocycles. The van der Waals surface area contributed by atoms with Crippen LogP contribution in [0.4, 0.5) is 10.5 Å². The number of carbonyl (C=O) groups is 2. The maximum atomic E-state index is 12.8. The lowest BCUT2D eigenvalue weighted by molar-refractivity contribution is 0.0614. The smallest absolute Gasteiger partial charge is 0.319 e. The first-order valence-corrected chi connectivity index (χ1v) is 8.85. The molecule has 2 aromatic rings. The SMILES string of the molecule is NCc1cc(C(=O)N2CCCCC2CNC(=O)Nc2ccccc2)co1. The minimum absolute atomic E-state index is 0.0333. The summed E-state index contributed by atoms with van der Waals surface area (Å²) in [7, 11) is 0. The van der Waals surface area contributed by atoms with Crippen LogP contribution in [0.15, 0.2) is 47.1 Å². The monoisotopic (exact) mass is 356 g/mol. The number of furan rings is 1. The Bertz CT molecular complexity index is 744. The fourth-order valence-electron chi connectivity index (χ4n) is 3.15. The average Bonchev–Trinajstić information content (AvgIpc) is 3.16. The van der Waals surface area contributed by atoms with Crippen LogP contribution in [0.3, 0.4) is 0 Å². The van der Waals surface area contributed by atoms with Gasteiger partial charge in [-0.25, -0.2) is 4.79 Å². The molecule has 3 rings (SSSR count). The molecular weight excluding hydrogens is 332 g/mol. The molecule has 4 N–H and O–H groups in total. The predicted octanol–water partition coefficient (Wildman–Crippen LogP) is 2.55. The van der Waals surface area contributed by atoms with E-state index < -0.39 is 0 Å². The van der Waals surface area contributed by atoms with Gasteiger partial charge < -0.3 is 25.7 Å². The van der Waals surface area contributed by atoms with Crippen molar-refractivity contribution in [2.45, 2.75) is 31.8 Å². The molecule has 0 saturated carbocycles. The number of nitrogens with one attached hydrogen (secondary N) is 2. The molecule has 1 atom stereocenters. The van der Waals surface area contributed by atoms with E-state index in [2.05, 4.69) is 10.6 Å². The Morgan fingerprint density at radius 2 is 2.04 bits per heavy atom. The molecule has 0 aliphatic carbocycles. The summed E-state index contributed by atoms with van der Waals surface area (Å²) in [5.41, 5.74) is 6.78. The van der Waals surface area contributed by atoms with Crippen molar-refractivity contribution < 1.29 is 14.0 Å². The van der Waals surface area contributed by atoms with Crippen molar-refractivity contribution in [3.05, 3.63) is 54.0 Å².